The number of hydrogen-bond donors (Lipinski definition) is 3. The van der Waals surface area contributed by atoms with Crippen LogP contribution < -0.4 is 21.5 Å². The molecule has 0 unspecified atom stereocenters. The minimum atomic E-state index is -0.674. The molecule has 8 nitrogen and oxygen atoms in total. The summed E-state index contributed by atoms with van der Waals surface area (Å²) in [5.41, 5.74) is 0.0167. The summed E-state index contributed by atoms with van der Waals surface area (Å²) in [5, 5.41) is 16.7. The normalized spacial score (nSPS) is 17.2. The second kappa shape index (κ2) is 7.30. The van der Waals surface area contributed by atoms with E-state index < -0.39 is 10.9 Å². The highest BCUT2D eigenvalue weighted by atomic mass is 16.3. The van der Waals surface area contributed by atoms with Crippen LogP contribution in [-0.4, -0.2) is 30.0 Å². The number of para-hydroxylation sites is 1. The summed E-state index contributed by atoms with van der Waals surface area (Å²) in [6.07, 6.45) is 3.30. The highest BCUT2D eigenvalue weighted by Gasteiger charge is 2.39. The molecule has 0 fully saturated rings. The van der Waals surface area contributed by atoms with Crippen molar-refractivity contribution in [3.8, 4) is 5.75 Å². The van der Waals surface area contributed by atoms with E-state index in [9.17, 15) is 19.5 Å². The van der Waals surface area contributed by atoms with Gasteiger partial charge < -0.3 is 25.1 Å². The standard InChI is InChI=1S/C23H25N3O5/c1-23(2)10-8-15-12(9-11-31-15)21(23)25-17-16(19(28)20(17)29)24-14-7-5-6-13(18(14)27)22(30)26(3)4/h5-7,9,11,21,24-25,27H,8,10H2,1-4H3/t21-/m1/s1. The Morgan fingerprint density at radius 1 is 1.16 bits per heavy atom. The average molecular weight is 423 g/mol. The van der Waals surface area contributed by atoms with Gasteiger partial charge in [-0.25, -0.2) is 0 Å². The number of aromatic hydroxyl groups is 1. The number of nitrogens with one attached hydrogen (secondary N) is 2. The van der Waals surface area contributed by atoms with E-state index in [1.807, 2.05) is 6.07 Å². The van der Waals surface area contributed by atoms with E-state index in [1.165, 1.54) is 11.0 Å². The van der Waals surface area contributed by atoms with Gasteiger partial charge in [-0.2, -0.15) is 0 Å². The summed E-state index contributed by atoms with van der Waals surface area (Å²) < 4.78 is 5.56. The molecule has 3 N–H and O–H groups in total. The molecule has 1 amide bonds. The third kappa shape index (κ3) is 3.37. The molecule has 1 atom stereocenters. The molecule has 1 aliphatic carbocycles. The van der Waals surface area contributed by atoms with Crippen LogP contribution >= 0.6 is 0 Å². The van der Waals surface area contributed by atoms with E-state index in [2.05, 4.69) is 24.5 Å². The van der Waals surface area contributed by atoms with Crippen molar-refractivity contribution < 1.29 is 14.3 Å². The average Bonchev–Trinajstić information content (AvgIpc) is 3.20. The lowest BCUT2D eigenvalue weighted by Crippen LogP contribution is -2.41. The fourth-order valence-electron chi connectivity index (χ4n) is 4.07. The molecule has 0 radical (unpaired) electrons. The Morgan fingerprint density at radius 2 is 1.87 bits per heavy atom. The molecule has 0 spiro atoms. The Labute approximate surface area is 179 Å². The second-order valence-electron chi connectivity index (χ2n) is 8.80. The zero-order chi connectivity index (χ0) is 22.5. The van der Waals surface area contributed by atoms with Crippen LogP contribution in [0, 0.1) is 5.41 Å². The van der Waals surface area contributed by atoms with Crippen molar-refractivity contribution in [2.24, 2.45) is 5.41 Å². The summed E-state index contributed by atoms with van der Waals surface area (Å²) in [6.45, 7) is 4.20. The Kier molecular flexibility index (Phi) is 4.88. The van der Waals surface area contributed by atoms with Gasteiger partial charge >= 0.3 is 0 Å². The maximum atomic E-state index is 12.4. The Bertz CT molecular complexity index is 1230. The fourth-order valence-corrected chi connectivity index (χ4v) is 4.07. The first-order chi connectivity index (χ1) is 14.6. The number of phenolic OH excluding ortho intramolecular Hbond substituents is 1. The van der Waals surface area contributed by atoms with Gasteiger partial charge in [0, 0.05) is 26.1 Å². The fraction of sp³-hybridized carbons (Fsp3) is 0.348. The highest BCUT2D eigenvalue weighted by Crippen LogP contribution is 2.46. The van der Waals surface area contributed by atoms with Crippen LogP contribution in [0.3, 0.4) is 0 Å². The van der Waals surface area contributed by atoms with Crippen LogP contribution in [0.4, 0.5) is 17.1 Å². The minimum Gasteiger partial charge on any atom is -0.505 e. The number of hydrogen-bond acceptors (Lipinski definition) is 7. The smallest absolute Gasteiger partial charge is 0.257 e. The van der Waals surface area contributed by atoms with E-state index in [-0.39, 0.29) is 45.7 Å². The molecular weight excluding hydrogens is 398 g/mol. The van der Waals surface area contributed by atoms with E-state index in [4.69, 9.17) is 4.42 Å². The van der Waals surface area contributed by atoms with Gasteiger partial charge in [-0.05, 0) is 30.0 Å². The number of phenols is 1. The van der Waals surface area contributed by atoms with Crippen LogP contribution in [0.1, 0.15) is 48.0 Å². The lowest BCUT2D eigenvalue weighted by atomic mass is 9.72. The van der Waals surface area contributed by atoms with Gasteiger partial charge in [0.1, 0.15) is 17.1 Å². The lowest BCUT2D eigenvalue weighted by molar-refractivity contribution is 0.0824. The van der Waals surface area contributed by atoms with Crippen LogP contribution in [-0.2, 0) is 6.42 Å². The summed E-state index contributed by atoms with van der Waals surface area (Å²) in [4.78, 5) is 38.3. The van der Waals surface area contributed by atoms with Crippen molar-refractivity contribution in [1.82, 2.24) is 4.90 Å². The maximum Gasteiger partial charge on any atom is 0.257 e. The topological polar surface area (TPSA) is 112 Å². The zero-order valence-electron chi connectivity index (χ0n) is 17.9. The number of fused-ring (bicyclic) bond motifs is 1. The molecule has 0 bridgehead atoms. The van der Waals surface area contributed by atoms with Gasteiger partial charge in [-0.15, -0.1) is 0 Å². The van der Waals surface area contributed by atoms with Gasteiger partial charge in [0.2, 0.25) is 0 Å². The molecule has 1 aromatic heterocycles. The molecule has 4 rings (SSSR count). The number of furan rings is 1. The van der Waals surface area contributed by atoms with Gasteiger partial charge in [0.05, 0.1) is 23.6 Å². The first-order valence-electron chi connectivity index (χ1n) is 10.1. The first-order valence-corrected chi connectivity index (χ1v) is 10.1. The number of benzene rings is 1. The molecule has 0 saturated carbocycles. The molecular formula is C23H25N3O5. The number of aryl methyl sites for hydroxylation is 1. The third-order valence-electron chi connectivity index (χ3n) is 6.00. The van der Waals surface area contributed by atoms with Crippen molar-refractivity contribution in [1.29, 1.82) is 0 Å². The van der Waals surface area contributed by atoms with Gasteiger partial charge in [0.25, 0.3) is 16.8 Å². The van der Waals surface area contributed by atoms with Crippen LogP contribution in [0.5, 0.6) is 5.75 Å². The predicted octanol–water partition coefficient (Wildman–Crippen LogP) is 3.15. The number of carbonyl (C=O) groups excluding carboxylic acids is 1. The molecule has 0 saturated heterocycles. The van der Waals surface area contributed by atoms with Crippen molar-refractivity contribution in [3.63, 3.8) is 0 Å². The van der Waals surface area contributed by atoms with Crippen LogP contribution in [0.15, 0.2) is 44.5 Å². The largest absolute Gasteiger partial charge is 0.505 e. The SMILES string of the molecule is CN(C)C(=O)c1cccc(Nc2c(N[C@@H]3c4ccoc4CCC3(C)C)c(=O)c2=O)c1O. The van der Waals surface area contributed by atoms with E-state index in [0.29, 0.717) is 0 Å². The van der Waals surface area contributed by atoms with Crippen molar-refractivity contribution in [2.45, 2.75) is 32.7 Å². The number of carbonyl (C=O) groups is 1. The number of nitrogens with zero attached hydrogens (tertiary/aromatic N) is 1. The van der Waals surface area contributed by atoms with E-state index >= 15 is 0 Å². The summed E-state index contributed by atoms with van der Waals surface area (Å²) >= 11 is 0. The van der Waals surface area contributed by atoms with Gasteiger partial charge in [-0.1, -0.05) is 19.9 Å². The molecule has 1 aliphatic rings. The van der Waals surface area contributed by atoms with Crippen molar-refractivity contribution >= 4 is 23.0 Å². The van der Waals surface area contributed by atoms with Crippen LogP contribution in [0.25, 0.3) is 0 Å². The van der Waals surface area contributed by atoms with E-state index in [1.54, 1.807) is 32.5 Å². The quantitative estimate of drug-likeness (QED) is 0.427. The maximum absolute atomic E-state index is 12.4. The highest BCUT2D eigenvalue weighted by molar-refractivity contribution is 5.99. The molecule has 31 heavy (non-hydrogen) atoms. The third-order valence-corrected chi connectivity index (χ3v) is 6.00. The predicted molar refractivity (Wildman–Crippen MR) is 118 cm³/mol. The second-order valence-corrected chi connectivity index (χ2v) is 8.80. The summed E-state index contributed by atoms with van der Waals surface area (Å²) in [5.74, 6) is 0.217. The number of amides is 1. The number of rotatable bonds is 5. The lowest BCUT2D eigenvalue weighted by Gasteiger charge is -2.39. The van der Waals surface area contributed by atoms with Crippen LogP contribution in [0.2, 0.25) is 0 Å². The Hall–Kier alpha value is -3.55. The molecule has 2 aromatic carbocycles. The van der Waals surface area contributed by atoms with Crippen molar-refractivity contribution in [3.05, 3.63) is 67.9 Å². The molecule has 0 aliphatic heterocycles. The zero-order valence-corrected chi connectivity index (χ0v) is 17.9. The van der Waals surface area contributed by atoms with Gasteiger partial charge in [0.15, 0.2) is 5.75 Å². The molecule has 1 heterocycles. The molecule has 3 aromatic rings. The molecule has 162 valence electrons. The summed E-state index contributed by atoms with van der Waals surface area (Å²) in [6, 6.07) is 6.30. The van der Waals surface area contributed by atoms with Crippen molar-refractivity contribution in [2.75, 3.05) is 24.7 Å². The Morgan fingerprint density at radius 3 is 2.58 bits per heavy atom. The molecule has 8 heteroatoms. The summed E-state index contributed by atoms with van der Waals surface area (Å²) in [7, 11) is 3.16. The number of anilines is 3. The Balaban J connectivity index is 1.67. The minimum absolute atomic E-state index is 0.0705. The monoisotopic (exact) mass is 423 g/mol. The van der Waals surface area contributed by atoms with E-state index in [0.717, 1.165) is 24.2 Å². The van der Waals surface area contributed by atoms with Gasteiger partial charge in [-0.3, -0.25) is 14.4 Å². The first kappa shape index (κ1) is 20.7.